The van der Waals surface area contributed by atoms with Gasteiger partial charge in [-0.05, 0) is 30.6 Å². The van der Waals surface area contributed by atoms with Gasteiger partial charge < -0.3 is 14.2 Å². The first kappa shape index (κ1) is 11.5. The smallest absolute Gasteiger partial charge is 0.318 e. The lowest BCUT2D eigenvalue weighted by molar-refractivity contribution is -0.181. The van der Waals surface area contributed by atoms with Gasteiger partial charge in [0.25, 0.3) is 0 Å². The minimum atomic E-state index is -0.776. The predicted molar refractivity (Wildman–Crippen MR) is 65.2 cm³/mol. The van der Waals surface area contributed by atoms with Crippen LogP contribution in [0.2, 0.25) is 0 Å². The number of epoxide rings is 1. The van der Waals surface area contributed by atoms with E-state index in [2.05, 4.69) is 13.8 Å². The van der Waals surface area contributed by atoms with Crippen molar-refractivity contribution >= 4 is 11.9 Å². The lowest BCUT2D eigenvalue weighted by atomic mass is 9.61. The summed E-state index contributed by atoms with van der Waals surface area (Å²) in [5, 5.41) is 0. The zero-order chi connectivity index (χ0) is 13.9. The Balaban J connectivity index is 1.75. The normalized spacial score (nSPS) is 62.1. The Kier molecular flexibility index (Phi) is 1.68. The fourth-order valence-corrected chi connectivity index (χ4v) is 6.06. The molecule has 0 aromatic rings. The largest absolute Gasteiger partial charge is 0.465 e. The summed E-state index contributed by atoms with van der Waals surface area (Å²) in [5.74, 6) is -0.376. The molecule has 0 unspecified atom stereocenters. The third-order valence-electron chi connectivity index (χ3n) is 7.21. The van der Waals surface area contributed by atoms with E-state index in [1.807, 2.05) is 0 Å². The maximum Gasteiger partial charge on any atom is 0.318 e. The van der Waals surface area contributed by atoms with Crippen molar-refractivity contribution in [3.63, 3.8) is 0 Å². The molecule has 0 aromatic carbocycles. The van der Waals surface area contributed by atoms with Gasteiger partial charge >= 0.3 is 11.9 Å². The first-order valence-electron chi connectivity index (χ1n) is 7.49. The molecule has 7 atom stereocenters. The molecule has 5 rings (SSSR count). The highest BCUT2D eigenvalue weighted by atomic mass is 16.8. The lowest BCUT2D eigenvalue weighted by Gasteiger charge is -2.46. The highest BCUT2D eigenvalue weighted by Gasteiger charge is 2.85. The highest BCUT2D eigenvalue weighted by Crippen LogP contribution is 2.78. The second-order valence-corrected chi connectivity index (χ2v) is 7.60. The Bertz CT molecular complexity index is 558. The molecule has 0 radical (unpaired) electrons. The molecule has 5 aliphatic rings. The molecule has 0 N–H and O–H groups in total. The minimum absolute atomic E-state index is 0.0779. The topological polar surface area (TPSA) is 65.1 Å². The standard InChI is InChI=1S/C15H18O5/c1-7-3-4-13(2)8-10(16)18-6-14(7,13)5-15(8)9-11(19-9)20-12(15)17/h7-9,11H,3-6H2,1-2H3/t7-,8+,9-,11-,13+,14-,15-/m1/s1. The van der Waals surface area contributed by atoms with Gasteiger partial charge in [-0.1, -0.05) is 13.8 Å². The average Bonchev–Trinajstić information content (AvgIpc) is 3.01. The van der Waals surface area contributed by atoms with Crippen molar-refractivity contribution in [2.45, 2.75) is 45.5 Å². The Labute approximate surface area is 116 Å². The third-order valence-corrected chi connectivity index (χ3v) is 7.21. The molecule has 5 fully saturated rings. The number of fused-ring (bicyclic) bond motifs is 3. The van der Waals surface area contributed by atoms with E-state index in [4.69, 9.17) is 14.2 Å². The van der Waals surface area contributed by atoms with Crippen molar-refractivity contribution in [1.29, 1.82) is 0 Å². The van der Waals surface area contributed by atoms with E-state index < -0.39 is 17.6 Å². The van der Waals surface area contributed by atoms with Crippen LogP contribution in [-0.4, -0.2) is 30.9 Å². The summed E-state index contributed by atoms with van der Waals surface area (Å²) in [5.41, 5.74) is -1.01. The predicted octanol–water partition coefficient (Wildman–Crippen LogP) is 1.25. The van der Waals surface area contributed by atoms with E-state index in [1.54, 1.807) is 0 Å². The van der Waals surface area contributed by atoms with Gasteiger partial charge in [0.15, 0.2) is 0 Å². The first-order valence-corrected chi connectivity index (χ1v) is 7.49. The maximum atomic E-state index is 12.5. The Morgan fingerprint density at radius 3 is 2.80 bits per heavy atom. The molecular formula is C15H18O5. The van der Waals surface area contributed by atoms with Gasteiger partial charge in [0.1, 0.15) is 11.5 Å². The number of cyclic esters (lactones) is 1. The van der Waals surface area contributed by atoms with Crippen LogP contribution in [0.5, 0.6) is 0 Å². The fraction of sp³-hybridized carbons (Fsp3) is 0.867. The number of rotatable bonds is 0. The molecule has 20 heavy (non-hydrogen) atoms. The summed E-state index contributed by atoms with van der Waals surface area (Å²) >= 11 is 0. The van der Waals surface area contributed by atoms with Crippen LogP contribution in [0.25, 0.3) is 0 Å². The van der Waals surface area contributed by atoms with Gasteiger partial charge in [-0.3, -0.25) is 9.59 Å². The van der Waals surface area contributed by atoms with Gasteiger partial charge in [0, 0.05) is 5.41 Å². The molecule has 5 heteroatoms. The second-order valence-electron chi connectivity index (χ2n) is 7.60. The van der Waals surface area contributed by atoms with Crippen molar-refractivity contribution in [2.75, 3.05) is 6.61 Å². The summed E-state index contributed by atoms with van der Waals surface area (Å²) < 4.78 is 16.3. The number of hydrogen-bond acceptors (Lipinski definition) is 5. The quantitative estimate of drug-likeness (QED) is 0.493. The van der Waals surface area contributed by atoms with E-state index in [1.165, 1.54) is 0 Å². The van der Waals surface area contributed by atoms with Crippen molar-refractivity contribution < 1.29 is 23.8 Å². The number of ether oxygens (including phenoxy) is 3. The van der Waals surface area contributed by atoms with E-state index in [0.717, 1.165) is 12.8 Å². The lowest BCUT2D eigenvalue weighted by Crippen LogP contribution is -2.51. The molecule has 108 valence electrons. The molecule has 5 nitrogen and oxygen atoms in total. The maximum absolute atomic E-state index is 12.5. The summed E-state index contributed by atoms with van der Waals surface area (Å²) in [6.45, 7) is 4.86. The summed E-state index contributed by atoms with van der Waals surface area (Å²) in [4.78, 5) is 25.0. The molecule has 3 heterocycles. The van der Waals surface area contributed by atoms with Crippen molar-refractivity contribution in [3.05, 3.63) is 0 Å². The van der Waals surface area contributed by atoms with Gasteiger partial charge in [0.2, 0.25) is 6.29 Å². The van der Waals surface area contributed by atoms with E-state index in [-0.39, 0.29) is 28.9 Å². The molecule has 3 aliphatic heterocycles. The van der Waals surface area contributed by atoms with Crippen LogP contribution in [0.15, 0.2) is 0 Å². The molecule has 0 aromatic heterocycles. The Morgan fingerprint density at radius 2 is 2.10 bits per heavy atom. The van der Waals surface area contributed by atoms with Crippen molar-refractivity contribution in [3.8, 4) is 0 Å². The van der Waals surface area contributed by atoms with E-state index >= 15 is 0 Å². The van der Waals surface area contributed by atoms with Gasteiger partial charge in [0.05, 0.1) is 12.5 Å². The van der Waals surface area contributed by atoms with Gasteiger partial charge in [-0.2, -0.15) is 0 Å². The van der Waals surface area contributed by atoms with Crippen LogP contribution < -0.4 is 0 Å². The molecule has 3 saturated heterocycles. The van der Waals surface area contributed by atoms with Crippen LogP contribution in [0, 0.1) is 28.1 Å². The Hall–Kier alpha value is -1.10. The van der Waals surface area contributed by atoms with E-state index in [9.17, 15) is 9.59 Å². The molecule has 1 spiro atoms. The van der Waals surface area contributed by atoms with Crippen molar-refractivity contribution in [2.24, 2.45) is 28.1 Å². The van der Waals surface area contributed by atoms with Crippen LogP contribution in [0.3, 0.4) is 0 Å². The minimum Gasteiger partial charge on any atom is -0.465 e. The Morgan fingerprint density at radius 1 is 1.30 bits per heavy atom. The number of carbonyl (C=O) groups is 2. The zero-order valence-corrected chi connectivity index (χ0v) is 11.7. The van der Waals surface area contributed by atoms with Crippen LogP contribution in [-0.2, 0) is 23.8 Å². The average molecular weight is 278 g/mol. The van der Waals surface area contributed by atoms with Crippen LogP contribution in [0.1, 0.15) is 33.1 Å². The first-order chi connectivity index (χ1) is 9.46. The fourth-order valence-electron chi connectivity index (χ4n) is 6.06. The second kappa shape index (κ2) is 2.91. The van der Waals surface area contributed by atoms with Crippen LogP contribution in [0.4, 0.5) is 0 Å². The van der Waals surface area contributed by atoms with Crippen molar-refractivity contribution in [1.82, 2.24) is 0 Å². The molecular weight excluding hydrogens is 260 g/mol. The molecule has 0 amide bonds. The summed E-state index contributed by atoms with van der Waals surface area (Å²) in [6, 6.07) is 0. The number of esters is 2. The number of carbonyl (C=O) groups excluding carboxylic acids is 2. The molecule has 2 aliphatic carbocycles. The zero-order valence-electron chi connectivity index (χ0n) is 11.7. The molecule has 2 saturated carbocycles. The monoisotopic (exact) mass is 278 g/mol. The number of hydrogen-bond donors (Lipinski definition) is 0. The van der Waals surface area contributed by atoms with Gasteiger partial charge in [-0.15, -0.1) is 0 Å². The van der Waals surface area contributed by atoms with E-state index in [0.29, 0.717) is 18.9 Å². The van der Waals surface area contributed by atoms with Crippen LogP contribution >= 0.6 is 0 Å². The third kappa shape index (κ3) is 0.874. The SMILES string of the molecule is C[C@@H]1CC[C@@]2(C)[C@@H]3C(=O)OC[C@]12C[C@@]31C(=O)O[C@H]2O[C@H]21. The summed E-state index contributed by atoms with van der Waals surface area (Å²) in [7, 11) is 0. The highest BCUT2D eigenvalue weighted by molar-refractivity contribution is 5.91. The van der Waals surface area contributed by atoms with Gasteiger partial charge in [-0.25, -0.2) is 0 Å². The molecule has 2 bridgehead atoms. The summed E-state index contributed by atoms with van der Waals surface area (Å²) in [6.07, 6.45) is 2.14.